The van der Waals surface area contributed by atoms with Crippen LogP contribution in [0.4, 0.5) is 4.39 Å². The first-order valence-electron chi connectivity index (χ1n) is 7.56. The summed E-state index contributed by atoms with van der Waals surface area (Å²) in [6.45, 7) is 3.80. The molecule has 0 radical (unpaired) electrons. The minimum Gasteiger partial charge on any atom is -0.335 e. The Hall–Kier alpha value is -1.71. The zero-order valence-corrected chi connectivity index (χ0v) is 12.7. The molecule has 1 atom stereocenters. The van der Waals surface area contributed by atoms with E-state index in [9.17, 15) is 14.0 Å². The first kappa shape index (κ1) is 15.7. The molecule has 1 amide bonds. The van der Waals surface area contributed by atoms with Gasteiger partial charge in [0.2, 0.25) is 0 Å². The van der Waals surface area contributed by atoms with E-state index in [1.54, 1.807) is 30.9 Å². The first-order valence-corrected chi connectivity index (χ1v) is 7.56. The van der Waals surface area contributed by atoms with E-state index in [1.807, 2.05) is 0 Å². The third kappa shape index (κ3) is 3.69. The highest BCUT2D eigenvalue weighted by atomic mass is 19.1. The standard InChI is InChI=1S/C17H22FNO2/c1-12-7-6-9-15(16(12)18)17(21)19-10-5-3-4-8-14(19)11-13(2)20/h6-7,9,14H,3-5,8,10-11H2,1-2H3. The van der Waals surface area contributed by atoms with E-state index >= 15 is 0 Å². The average Bonchev–Trinajstić information content (AvgIpc) is 2.66. The van der Waals surface area contributed by atoms with Crippen LogP contribution in [0.25, 0.3) is 0 Å². The second-order valence-corrected chi connectivity index (χ2v) is 5.84. The van der Waals surface area contributed by atoms with Crippen molar-refractivity contribution in [2.75, 3.05) is 6.54 Å². The number of hydrogen-bond acceptors (Lipinski definition) is 2. The number of halogens is 1. The van der Waals surface area contributed by atoms with Gasteiger partial charge in [-0.25, -0.2) is 4.39 Å². The number of ketones is 1. The van der Waals surface area contributed by atoms with Gasteiger partial charge in [-0.1, -0.05) is 25.0 Å². The van der Waals surface area contributed by atoms with Gasteiger partial charge in [0.05, 0.1) is 5.56 Å². The normalized spacial score (nSPS) is 19.2. The predicted octanol–water partition coefficient (Wildman–Crippen LogP) is 3.50. The van der Waals surface area contributed by atoms with Gasteiger partial charge in [-0.05, 0) is 38.3 Å². The summed E-state index contributed by atoms with van der Waals surface area (Å²) in [6.07, 6.45) is 4.15. The fraction of sp³-hybridized carbons (Fsp3) is 0.529. The molecule has 1 saturated heterocycles. The molecule has 1 heterocycles. The molecule has 0 saturated carbocycles. The number of aryl methyl sites for hydroxylation is 1. The largest absolute Gasteiger partial charge is 0.335 e. The molecule has 1 aromatic carbocycles. The molecule has 1 aromatic rings. The molecular formula is C17H22FNO2. The highest BCUT2D eigenvalue weighted by Crippen LogP contribution is 2.23. The van der Waals surface area contributed by atoms with Crippen LogP contribution in [0.1, 0.15) is 54.9 Å². The maximum Gasteiger partial charge on any atom is 0.257 e. The van der Waals surface area contributed by atoms with Crippen molar-refractivity contribution < 1.29 is 14.0 Å². The number of benzene rings is 1. The molecule has 4 heteroatoms. The van der Waals surface area contributed by atoms with Gasteiger partial charge >= 0.3 is 0 Å². The average molecular weight is 291 g/mol. The summed E-state index contributed by atoms with van der Waals surface area (Å²) >= 11 is 0. The number of hydrogen-bond donors (Lipinski definition) is 0. The number of rotatable bonds is 3. The van der Waals surface area contributed by atoms with Crippen LogP contribution < -0.4 is 0 Å². The summed E-state index contributed by atoms with van der Waals surface area (Å²) in [6, 6.07) is 4.78. The molecule has 1 fully saturated rings. The van der Waals surface area contributed by atoms with Crippen LogP contribution in [0.5, 0.6) is 0 Å². The van der Waals surface area contributed by atoms with Crippen LogP contribution in [0.3, 0.4) is 0 Å². The molecule has 1 unspecified atom stereocenters. The number of likely N-dealkylation sites (tertiary alicyclic amines) is 1. The topological polar surface area (TPSA) is 37.4 Å². The maximum absolute atomic E-state index is 14.2. The number of Topliss-reactive ketones (excluding diaryl/α,β-unsaturated/α-hetero) is 1. The molecule has 0 aliphatic carbocycles. The van der Waals surface area contributed by atoms with Crippen molar-refractivity contribution >= 4 is 11.7 Å². The first-order chi connectivity index (χ1) is 10.0. The Morgan fingerprint density at radius 1 is 1.29 bits per heavy atom. The Morgan fingerprint density at radius 3 is 2.76 bits per heavy atom. The van der Waals surface area contributed by atoms with Crippen molar-refractivity contribution in [1.82, 2.24) is 4.90 Å². The van der Waals surface area contributed by atoms with E-state index in [4.69, 9.17) is 0 Å². The zero-order chi connectivity index (χ0) is 15.4. The summed E-state index contributed by atoms with van der Waals surface area (Å²) in [4.78, 5) is 25.8. The van der Waals surface area contributed by atoms with Gasteiger partial charge < -0.3 is 4.90 Å². The number of amides is 1. The van der Waals surface area contributed by atoms with Gasteiger partial charge in [-0.3, -0.25) is 9.59 Å². The highest BCUT2D eigenvalue weighted by Gasteiger charge is 2.28. The smallest absolute Gasteiger partial charge is 0.257 e. The fourth-order valence-electron chi connectivity index (χ4n) is 2.96. The SMILES string of the molecule is CC(=O)CC1CCCCCN1C(=O)c1cccc(C)c1F. The quantitative estimate of drug-likeness (QED) is 0.854. The van der Waals surface area contributed by atoms with E-state index in [0.29, 0.717) is 18.5 Å². The molecule has 0 spiro atoms. The van der Waals surface area contributed by atoms with E-state index in [1.165, 1.54) is 6.07 Å². The third-order valence-corrected chi connectivity index (χ3v) is 4.08. The lowest BCUT2D eigenvalue weighted by atomic mass is 10.0. The summed E-state index contributed by atoms with van der Waals surface area (Å²) in [5.41, 5.74) is 0.587. The van der Waals surface area contributed by atoms with Gasteiger partial charge in [-0.15, -0.1) is 0 Å². The lowest BCUT2D eigenvalue weighted by molar-refractivity contribution is -0.118. The lowest BCUT2D eigenvalue weighted by Gasteiger charge is -2.30. The van der Waals surface area contributed by atoms with E-state index in [-0.39, 0.29) is 23.3 Å². The van der Waals surface area contributed by atoms with E-state index in [2.05, 4.69) is 0 Å². The van der Waals surface area contributed by atoms with Crippen molar-refractivity contribution in [3.63, 3.8) is 0 Å². The van der Waals surface area contributed by atoms with E-state index < -0.39 is 5.82 Å². The summed E-state index contributed by atoms with van der Waals surface area (Å²) in [5, 5.41) is 0. The molecule has 114 valence electrons. The fourth-order valence-corrected chi connectivity index (χ4v) is 2.96. The van der Waals surface area contributed by atoms with Crippen molar-refractivity contribution in [3.8, 4) is 0 Å². The Kier molecular flexibility index (Phi) is 5.10. The van der Waals surface area contributed by atoms with Crippen LogP contribution >= 0.6 is 0 Å². The second-order valence-electron chi connectivity index (χ2n) is 5.84. The number of carbonyl (C=O) groups is 2. The third-order valence-electron chi connectivity index (χ3n) is 4.08. The van der Waals surface area contributed by atoms with Gasteiger partial charge in [0.15, 0.2) is 0 Å². The minimum absolute atomic E-state index is 0.0735. The predicted molar refractivity (Wildman–Crippen MR) is 79.7 cm³/mol. The van der Waals surface area contributed by atoms with Gasteiger partial charge in [-0.2, -0.15) is 0 Å². The van der Waals surface area contributed by atoms with Crippen LogP contribution in [0.2, 0.25) is 0 Å². The summed E-state index contributed by atoms with van der Waals surface area (Å²) in [7, 11) is 0. The van der Waals surface area contributed by atoms with Crippen molar-refractivity contribution in [2.45, 2.75) is 52.0 Å². The molecule has 0 N–H and O–H groups in total. The molecule has 21 heavy (non-hydrogen) atoms. The lowest BCUT2D eigenvalue weighted by Crippen LogP contribution is -2.41. The van der Waals surface area contributed by atoms with Crippen molar-refractivity contribution in [3.05, 3.63) is 35.1 Å². The second kappa shape index (κ2) is 6.83. The molecular weight excluding hydrogens is 269 g/mol. The summed E-state index contributed by atoms with van der Waals surface area (Å²) < 4.78 is 14.2. The van der Waals surface area contributed by atoms with Crippen molar-refractivity contribution in [2.24, 2.45) is 0 Å². The van der Waals surface area contributed by atoms with Crippen LogP contribution in [0, 0.1) is 12.7 Å². The molecule has 2 rings (SSSR count). The van der Waals surface area contributed by atoms with Gasteiger partial charge in [0, 0.05) is 19.0 Å². The Labute approximate surface area is 125 Å². The number of nitrogens with zero attached hydrogens (tertiary/aromatic N) is 1. The minimum atomic E-state index is -0.451. The summed E-state index contributed by atoms with van der Waals surface area (Å²) in [5.74, 6) is -0.665. The van der Waals surface area contributed by atoms with Crippen molar-refractivity contribution in [1.29, 1.82) is 0 Å². The highest BCUT2D eigenvalue weighted by molar-refractivity contribution is 5.95. The van der Waals surface area contributed by atoms with Gasteiger partial charge in [0.1, 0.15) is 11.6 Å². The molecule has 0 bridgehead atoms. The Balaban J connectivity index is 2.28. The van der Waals surface area contributed by atoms with Crippen LogP contribution in [0.15, 0.2) is 18.2 Å². The van der Waals surface area contributed by atoms with Crippen LogP contribution in [-0.2, 0) is 4.79 Å². The molecule has 1 aliphatic rings. The van der Waals surface area contributed by atoms with Crippen LogP contribution in [-0.4, -0.2) is 29.2 Å². The molecule has 0 aromatic heterocycles. The molecule has 3 nitrogen and oxygen atoms in total. The monoisotopic (exact) mass is 291 g/mol. The maximum atomic E-state index is 14.2. The van der Waals surface area contributed by atoms with Gasteiger partial charge in [0.25, 0.3) is 5.91 Å². The molecule has 1 aliphatic heterocycles. The Morgan fingerprint density at radius 2 is 2.05 bits per heavy atom. The number of carbonyl (C=O) groups excluding carboxylic acids is 2. The zero-order valence-electron chi connectivity index (χ0n) is 12.7. The van der Waals surface area contributed by atoms with E-state index in [0.717, 1.165) is 25.7 Å². The Bertz CT molecular complexity index is 542.